The minimum absolute atomic E-state index is 0.00639. The lowest BCUT2D eigenvalue weighted by Gasteiger charge is -2.19. The number of rotatable bonds is 2. The zero-order valence-electron chi connectivity index (χ0n) is 11.3. The number of hydrogen-bond acceptors (Lipinski definition) is 4. The van der Waals surface area contributed by atoms with Crippen LogP contribution in [0.2, 0.25) is 0 Å². The van der Waals surface area contributed by atoms with Crippen LogP contribution in [0.4, 0.5) is 0 Å². The van der Waals surface area contributed by atoms with Crippen LogP contribution in [0.3, 0.4) is 0 Å². The molecule has 0 aliphatic carbocycles. The lowest BCUT2D eigenvalue weighted by molar-refractivity contribution is 0.0572. The molecule has 0 bridgehead atoms. The lowest BCUT2D eigenvalue weighted by Crippen LogP contribution is -2.32. The Kier molecular flexibility index (Phi) is 3.78. The fourth-order valence-electron chi connectivity index (χ4n) is 2.46. The summed E-state index contributed by atoms with van der Waals surface area (Å²) in [4.78, 5) is 25.1. The number of aryl methyl sites for hydroxylation is 2. The molecule has 2 rings (SSSR count). The average Bonchev–Trinajstić information content (AvgIpc) is 2.71. The average molecular weight is 279 g/mol. The third kappa shape index (κ3) is 2.39. The molecule has 6 nitrogen and oxygen atoms in total. The number of carbonyl (C=O) groups excluding carboxylic acids is 1. The monoisotopic (exact) mass is 279 g/mol. The summed E-state index contributed by atoms with van der Waals surface area (Å²) < 4.78 is 0. The highest BCUT2D eigenvalue weighted by molar-refractivity contribution is 6.06. The number of carboxylic acid groups (broad SMARTS) is 1. The minimum atomic E-state index is -1.16. The summed E-state index contributed by atoms with van der Waals surface area (Å²) in [5, 5.41) is 28.3. The molecule has 108 valence electrons. The highest BCUT2D eigenvalue weighted by atomic mass is 16.4. The Hall–Kier alpha value is -1.92. The van der Waals surface area contributed by atoms with Crippen LogP contribution >= 0.6 is 0 Å². The van der Waals surface area contributed by atoms with E-state index in [0.717, 1.165) is 0 Å². The van der Waals surface area contributed by atoms with E-state index in [-0.39, 0.29) is 24.2 Å². The first kappa shape index (κ1) is 14.5. The van der Waals surface area contributed by atoms with Crippen molar-refractivity contribution in [1.29, 1.82) is 0 Å². The van der Waals surface area contributed by atoms with Gasteiger partial charge < -0.3 is 20.2 Å². The number of β-amino-alcohol motifs (C(OH)–C–C–N with tert-alkyl or cyclic N) is 2. The molecule has 3 N–H and O–H groups in total. The molecule has 1 aromatic rings. The van der Waals surface area contributed by atoms with E-state index in [1.54, 1.807) is 26.0 Å². The summed E-state index contributed by atoms with van der Waals surface area (Å²) in [5.41, 5.74) is 1.17. The number of likely N-dealkylation sites (tertiary alicyclic amines) is 1. The fourth-order valence-corrected chi connectivity index (χ4v) is 2.46. The SMILES string of the molecule is Cc1ccc(C)c(C(=O)N2CC(O)C(O)C2)c1C(=O)O. The van der Waals surface area contributed by atoms with E-state index in [0.29, 0.717) is 11.1 Å². The van der Waals surface area contributed by atoms with E-state index in [2.05, 4.69) is 0 Å². The zero-order valence-corrected chi connectivity index (χ0v) is 11.3. The standard InChI is InChI=1S/C14H17NO5/c1-7-3-4-8(2)12(14(19)20)11(7)13(18)15-5-9(16)10(17)6-15/h3-4,9-10,16-17H,5-6H2,1-2H3,(H,19,20). The third-order valence-corrected chi connectivity index (χ3v) is 3.60. The third-order valence-electron chi connectivity index (χ3n) is 3.60. The first-order chi connectivity index (χ1) is 9.32. The van der Waals surface area contributed by atoms with Gasteiger partial charge in [0.15, 0.2) is 0 Å². The molecule has 0 aromatic heterocycles. The Morgan fingerprint density at radius 1 is 1.05 bits per heavy atom. The van der Waals surface area contributed by atoms with Crippen molar-refractivity contribution < 1.29 is 24.9 Å². The maximum Gasteiger partial charge on any atom is 0.336 e. The molecule has 1 amide bonds. The molecule has 2 unspecified atom stereocenters. The van der Waals surface area contributed by atoms with Crippen LogP contribution in [-0.2, 0) is 0 Å². The van der Waals surface area contributed by atoms with Crippen molar-refractivity contribution >= 4 is 11.9 Å². The Morgan fingerprint density at radius 2 is 1.50 bits per heavy atom. The maximum absolute atomic E-state index is 12.5. The fraction of sp³-hybridized carbons (Fsp3) is 0.429. The maximum atomic E-state index is 12.5. The van der Waals surface area contributed by atoms with Gasteiger partial charge in [0.2, 0.25) is 0 Å². The number of aromatic carboxylic acids is 1. The first-order valence-corrected chi connectivity index (χ1v) is 6.31. The molecule has 1 aliphatic heterocycles. The Bertz CT molecular complexity index is 559. The van der Waals surface area contributed by atoms with E-state index in [4.69, 9.17) is 0 Å². The molecular formula is C14H17NO5. The normalized spacial score (nSPS) is 22.1. The van der Waals surface area contributed by atoms with Gasteiger partial charge in [-0.25, -0.2) is 4.79 Å². The van der Waals surface area contributed by atoms with Gasteiger partial charge in [-0.15, -0.1) is 0 Å². The number of nitrogens with zero attached hydrogens (tertiary/aromatic N) is 1. The molecule has 1 heterocycles. The molecule has 1 aliphatic rings. The summed E-state index contributed by atoms with van der Waals surface area (Å²) in [6, 6.07) is 3.35. The summed E-state index contributed by atoms with van der Waals surface area (Å²) in [5.74, 6) is -1.63. The molecular weight excluding hydrogens is 262 g/mol. The molecule has 0 saturated carbocycles. The Labute approximate surface area is 116 Å². The second kappa shape index (κ2) is 5.22. The van der Waals surface area contributed by atoms with Crippen LogP contribution in [-0.4, -0.2) is 57.4 Å². The highest BCUT2D eigenvalue weighted by Crippen LogP contribution is 2.23. The number of carbonyl (C=O) groups is 2. The molecule has 1 fully saturated rings. The predicted octanol–water partition coefficient (Wildman–Crippen LogP) is 0.179. The van der Waals surface area contributed by atoms with Gasteiger partial charge in [-0.2, -0.15) is 0 Å². The van der Waals surface area contributed by atoms with Crippen molar-refractivity contribution in [2.24, 2.45) is 0 Å². The smallest absolute Gasteiger partial charge is 0.336 e. The first-order valence-electron chi connectivity index (χ1n) is 6.31. The summed E-state index contributed by atoms with van der Waals surface area (Å²) in [6.07, 6.45) is -1.98. The van der Waals surface area contributed by atoms with Gasteiger partial charge in [-0.3, -0.25) is 4.79 Å². The quantitative estimate of drug-likeness (QED) is 0.717. The Morgan fingerprint density at radius 3 is 1.95 bits per heavy atom. The predicted molar refractivity (Wildman–Crippen MR) is 70.8 cm³/mol. The minimum Gasteiger partial charge on any atom is -0.478 e. The molecule has 6 heteroatoms. The van der Waals surface area contributed by atoms with E-state index < -0.39 is 24.1 Å². The van der Waals surface area contributed by atoms with Crippen molar-refractivity contribution in [1.82, 2.24) is 4.90 Å². The second-order valence-electron chi connectivity index (χ2n) is 5.10. The Balaban J connectivity index is 2.45. The molecule has 0 radical (unpaired) electrons. The van der Waals surface area contributed by atoms with Crippen molar-refractivity contribution in [3.05, 3.63) is 34.4 Å². The van der Waals surface area contributed by atoms with Gasteiger partial charge in [0.1, 0.15) is 0 Å². The van der Waals surface area contributed by atoms with Crippen molar-refractivity contribution in [3.8, 4) is 0 Å². The van der Waals surface area contributed by atoms with Gasteiger partial charge in [0, 0.05) is 13.1 Å². The van der Waals surface area contributed by atoms with E-state index in [1.807, 2.05) is 0 Å². The van der Waals surface area contributed by atoms with Gasteiger partial charge in [0.05, 0.1) is 23.3 Å². The lowest BCUT2D eigenvalue weighted by atomic mass is 9.96. The summed E-state index contributed by atoms with van der Waals surface area (Å²) >= 11 is 0. The number of benzene rings is 1. The van der Waals surface area contributed by atoms with Crippen molar-refractivity contribution in [3.63, 3.8) is 0 Å². The van der Waals surface area contributed by atoms with Crippen LogP contribution in [0.15, 0.2) is 12.1 Å². The number of carboxylic acids is 1. The highest BCUT2D eigenvalue weighted by Gasteiger charge is 2.35. The molecule has 0 spiro atoms. The van der Waals surface area contributed by atoms with Gasteiger partial charge in [0.25, 0.3) is 5.91 Å². The molecule has 20 heavy (non-hydrogen) atoms. The van der Waals surface area contributed by atoms with Gasteiger partial charge in [-0.1, -0.05) is 12.1 Å². The number of amides is 1. The molecule has 1 saturated heterocycles. The molecule has 2 atom stereocenters. The van der Waals surface area contributed by atoms with E-state index in [1.165, 1.54) is 4.90 Å². The topological polar surface area (TPSA) is 98.1 Å². The van der Waals surface area contributed by atoms with Crippen LogP contribution in [0.5, 0.6) is 0 Å². The van der Waals surface area contributed by atoms with Crippen LogP contribution in [0.1, 0.15) is 31.8 Å². The summed E-state index contributed by atoms with van der Waals surface area (Å²) in [6.45, 7) is 3.31. The van der Waals surface area contributed by atoms with Gasteiger partial charge in [-0.05, 0) is 25.0 Å². The van der Waals surface area contributed by atoms with Crippen LogP contribution in [0, 0.1) is 13.8 Å². The van der Waals surface area contributed by atoms with E-state index >= 15 is 0 Å². The number of aliphatic hydroxyl groups is 2. The largest absolute Gasteiger partial charge is 0.478 e. The van der Waals surface area contributed by atoms with E-state index in [9.17, 15) is 24.9 Å². The van der Waals surface area contributed by atoms with Crippen molar-refractivity contribution in [2.75, 3.05) is 13.1 Å². The summed E-state index contributed by atoms with van der Waals surface area (Å²) in [7, 11) is 0. The van der Waals surface area contributed by atoms with Crippen molar-refractivity contribution in [2.45, 2.75) is 26.1 Å². The van der Waals surface area contributed by atoms with Crippen LogP contribution < -0.4 is 0 Å². The number of hydrogen-bond donors (Lipinski definition) is 3. The van der Waals surface area contributed by atoms with Crippen LogP contribution in [0.25, 0.3) is 0 Å². The zero-order chi connectivity index (χ0) is 15.0. The second-order valence-corrected chi connectivity index (χ2v) is 5.10. The number of aliphatic hydroxyl groups excluding tert-OH is 2. The molecule has 1 aromatic carbocycles. The van der Waals surface area contributed by atoms with Gasteiger partial charge >= 0.3 is 5.97 Å².